The molecule has 2 heterocycles. The van der Waals surface area contributed by atoms with Crippen molar-refractivity contribution in [2.24, 2.45) is 5.84 Å². The summed E-state index contributed by atoms with van der Waals surface area (Å²) in [4.78, 5) is 3.81. The molecule has 0 fully saturated rings. The number of pyridine rings is 1. The minimum absolute atomic E-state index is 0.0118. The van der Waals surface area contributed by atoms with E-state index in [1.54, 1.807) is 0 Å². The summed E-state index contributed by atoms with van der Waals surface area (Å²) in [6.07, 6.45) is 3.62. The molecule has 0 bridgehead atoms. The van der Waals surface area contributed by atoms with Gasteiger partial charge < -0.3 is 9.95 Å². The Kier molecular flexibility index (Phi) is 2.93. The molecule has 2 rings (SSSR count). The molecule has 0 saturated carbocycles. The lowest BCUT2D eigenvalue weighted by atomic mass is 10.5. The fraction of sp³-hybridized carbons (Fsp3) is 0. The number of hydrazine groups is 1. The Balaban J connectivity index is 2.25. The van der Waals surface area contributed by atoms with Gasteiger partial charge in [-0.1, -0.05) is 5.16 Å². The fourth-order valence-electron chi connectivity index (χ4n) is 1.09. The van der Waals surface area contributed by atoms with Crippen LogP contribution >= 0.6 is 0 Å². The highest BCUT2D eigenvalue weighted by atomic mass is 32.2. The lowest BCUT2D eigenvalue weighted by Crippen LogP contribution is -2.14. The maximum absolute atomic E-state index is 11.8. The highest BCUT2D eigenvalue weighted by Gasteiger charge is 2.15. The van der Waals surface area contributed by atoms with E-state index >= 15 is 0 Å². The van der Waals surface area contributed by atoms with Crippen LogP contribution in [0.1, 0.15) is 0 Å². The maximum atomic E-state index is 11.8. The predicted molar refractivity (Wildman–Crippen MR) is 59.4 cm³/mol. The molecule has 0 aromatic carbocycles. The molecule has 0 spiro atoms. The molecule has 90 valence electrons. The molecule has 2 aromatic rings. The van der Waals surface area contributed by atoms with Crippen LogP contribution in [0.3, 0.4) is 0 Å². The Morgan fingerprint density at radius 2 is 2.12 bits per heavy atom. The van der Waals surface area contributed by atoms with Gasteiger partial charge in [0.1, 0.15) is 22.7 Å². The Morgan fingerprint density at radius 3 is 2.65 bits per heavy atom. The SMILES string of the molecule is NNc1ccc(S(=O)(=O)Nc2cnoc2)cn1. The van der Waals surface area contributed by atoms with Crippen molar-refractivity contribution in [1.82, 2.24) is 10.1 Å². The number of nitrogens with two attached hydrogens (primary N) is 1. The van der Waals surface area contributed by atoms with Gasteiger partial charge in [-0.15, -0.1) is 0 Å². The minimum atomic E-state index is -3.69. The van der Waals surface area contributed by atoms with Crippen LogP contribution in [0.5, 0.6) is 0 Å². The zero-order valence-electron chi connectivity index (χ0n) is 8.49. The average Bonchev–Trinajstić information content (AvgIpc) is 2.81. The van der Waals surface area contributed by atoms with Gasteiger partial charge in [0.2, 0.25) is 0 Å². The molecule has 0 atom stereocenters. The summed E-state index contributed by atoms with van der Waals surface area (Å²) in [5.74, 6) is 5.49. The van der Waals surface area contributed by atoms with Crippen LogP contribution in [0.2, 0.25) is 0 Å². The first-order valence-corrected chi connectivity index (χ1v) is 5.95. The van der Waals surface area contributed by atoms with Crippen molar-refractivity contribution in [3.63, 3.8) is 0 Å². The summed E-state index contributed by atoms with van der Waals surface area (Å²) in [6, 6.07) is 2.82. The van der Waals surface area contributed by atoms with Crippen molar-refractivity contribution < 1.29 is 12.9 Å². The number of nitrogen functional groups attached to an aromatic ring is 1. The van der Waals surface area contributed by atoms with Gasteiger partial charge in [-0.05, 0) is 12.1 Å². The molecule has 8 nitrogen and oxygen atoms in total. The van der Waals surface area contributed by atoms with Crippen molar-refractivity contribution in [1.29, 1.82) is 0 Å². The van der Waals surface area contributed by atoms with Gasteiger partial charge >= 0.3 is 0 Å². The number of sulfonamides is 1. The summed E-state index contributed by atoms with van der Waals surface area (Å²) in [6.45, 7) is 0. The molecule has 17 heavy (non-hydrogen) atoms. The average molecular weight is 255 g/mol. The smallest absolute Gasteiger partial charge is 0.263 e. The number of hydrogen-bond acceptors (Lipinski definition) is 7. The molecule has 4 N–H and O–H groups in total. The van der Waals surface area contributed by atoms with Crippen LogP contribution < -0.4 is 16.0 Å². The van der Waals surface area contributed by atoms with Gasteiger partial charge in [-0.25, -0.2) is 19.2 Å². The van der Waals surface area contributed by atoms with Crippen LogP contribution in [0.25, 0.3) is 0 Å². The van der Waals surface area contributed by atoms with Crippen LogP contribution in [0.15, 0.2) is 40.2 Å². The van der Waals surface area contributed by atoms with Gasteiger partial charge in [0.15, 0.2) is 0 Å². The first-order chi connectivity index (χ1) is 8.12. The molecule has 0 aliphatic heterocycles. The van der Waals surface area contributed by atoms with Crippen LogP contribution in [0.4, 0.5) is 11.5 Å². The molecule has 0 unspecified atom stereocenters. The third-order valence-corrected chi connectivity index (χ3v) is 3.25. The van der Waals surface area contributed by atoms with Crippen molar-refractivity contribution in [3.8, 4) is 0 Å². The summed E-state index contributed by atoms with van der Waals surface area (Å²) in [7, 11) is -3.69. The molecule has 0 saturated heterocycles. The normalized spacial score (nSPS) is 11.1. The number of rotatable bonds is 4. The van der Waals surface area contributed by atoms with Crippen LogP contribution in [-0.2, 0) is 10.0 Å². The minimum Gasteiger partial charge on any atom is -0.362 e. The quantitative estimate of drug-likeness (QED) is 0.525. The van der Waals surface area contributed by atoms with E-state index in [9.17, 15) is 8.42 Å². The van der Waals surface area contributed by atoms with E-state index < -0.39 is 10.0 Å². The fourth-order valence-corrected chi connectivity index (χ4v) is 2.06. The second kappa shape index (κ2) is 4.39. The van der Waals surface area contributed by atoms with Gasteiger partial charge in [0.05, 0.1) is 6.20 Å². The summed E-state index contributed by atoms with van der Waals surface area (Å²) in [5, 5.41) is 3.38. The van der Waals surface area contributed by atoms with Crippen molar-refractivity contribution >= 4 is 21.5 Å². The van der Waals surface area contributed by atoms with Crippen LogP contribution in [0, 0.1) is 0 Å². The number of hydrogen-bond donors (Lipinski definition) is 3. The third kappa shape index (κ3) is 2.52. The van der Waals surface area contributed by atoms with Gasteiger partial charge in [0.25, 0.3) is 10.0 Å². The largest absolute Gasteiger partial charge is 0.362 e. The maximum Gasteiger partial charge on any atom is 0.263 e. The Hall–Kier alpha value is -2.13. The molecule has 0 amide bonds. The Bertz CT molecular complexity index is 578. The molecular weight excluding hydrogens is 246 g/mol. The van der Waals surface area contributed by atoms with Crippen molar-refractivity contribution in [2.75, 3.05) is 10.1 Å². The zero-order chi connectivity index (χ0) is 12.3. The van der Waals surface area contributed by atoms with E-state index in [2.05, 4.69) is 24.8 Å². The number of nitrogens with one attached hydrogen (secondary N) is 2. The second-order valence-electron chi connectivity index (χ2n) is 3.04. The van der Waals surface area contributed by atoms with Crippen molar-refractivity contribution in [3.05, 3.63) is 30.8 Å². The standard InChI is InChI=1S/C8H9N5O3S/c9-12-8-2-1-7(4-10-8)17(14,15)13-6-3-11-16-5-6/h1-5,13H,9H2,(H,10,12). The molecule has 0 radical (unpaired) electrons. The zero-order valence-corrected chi connectivity index (χ0v) is 9.31. The summed E-state index contributed by atoms with van der Waals surface area (Å²) >= 11 is 0. The monoisotopic (exact) mass is 255 g/mol. The second-order valence-corrected chi connectivity index (χ2v) is 4.72. The van der Waals surface area contributed by atoms with Crippen LogP contribution in [-0.4, -0.2) is 18.6 Å². The first kappa shape index (κ1) is 11.4. The lowest BCUT2D eigenvalue weighted by molar-refractivity contribution is 0.420. The van der Waals surface area contributed by atoms with Gasteiger partial charge in [-0.2, -0.15) is 0 Å². The van der Waals surface area contributed by atoms with Gasteiger partial charge in [0, 0.05) is 6.20 Å². The number of nitrogens with zero attached hydrogens (tertiary/aromatic N) is 2. The Morgan fingerprint density at radius 1 is 1.29 bits per heavy atom. The Labute approximate surface area is 96.8 Å². The van der Waals surface area contributed by atoms with E-state index in [1.807, 2.05) is 0 Å². The highest BCUT2D eigenvalue weighted by Crippen LogP contribution is 2.15. The predicted octanol–water partition coefficient (Wildman–Crippen LogP) is 0.156. The molecule has 9 heteroatoms. The number of anilines is 2. The van der Waals surface area contributed by atoms with E-state index in [0.29, 0.717) is 5.82 Å². The van der Waals surface area contributed by atoms with E-state index in [-0.39, 0.29) is 10.6 Å². The van der Waals surface area contributed by atoms with E-state index in [4.69, 9.17) is 5.84 Å². The highest BCUT2D eigenvalue weighted by molar-refractivity contribution is 7.92. The third-order valence-electron chi connectivity index (χ3n) is 1.88. The lowest BCUT2D eigenvalue weighted by Gasteiger charge is -2.05. The molecule has 2 aromatic heterocycles. The van der Waals surface area contributed by atoms with Gasteiger partial charge in [-0.3, -0.25) is 4.72 Å². The summed E-state index contributed by atoms with van der Waals surface area (Å²) < 4.78 is 30.4. The number of aromatic nitrogens is 2. The van der Waals surface area contributed by atoms with Crippen molar-refractivity contribution in [2.45, 2.75) is 4.90 Å². The molecular formula is C8H9N5O3S. The topological polar surface area (TPSA) is 123 Å². The van der Waals surface area contributed by atoms with E-state index in [1.165, 1.54) is 30.8 Å². The summed E-state index contributed by atoms with van der Waals surface area (Å²) in [5.41, 5.74) is 2.54. The first-order valence-electron chi connectivity index (χ1n) is 4.47. The van der Waals surface area contributed by atoms with E-state index in [0.717, 1.165) is 0 Å². The molecule has 0 aliphatic carbocycles. The molecule has 0 aliphatic rings.